The number of benzene rings is 1. The highest BCUT2D eigenvalue weighted by Gasteiger charge is 2.22. The molecule has 0 amide bonds. The molecule has 1 aromatic carbocycles. The Bertz CT molecular complexity index is 828. The fourth-order valence-electron chi connectivity index (χ4n) is 3.19. The third-order valence-electron chi connectivity index (χ3n) is 5.01. The number of phenolic OH excluding ortho intramolecular Hbond substituents is 2. The van der Waals surface area contributed by atoms with Crippen molar-refractivity contribution >= 4 is 5.82 Å². The summed E-state index contributed by atoms with van der Waals surface area (Å²) in [6.45, 7) is 4.79. The van der Waals surface area contributed by atoms with Gasteiger partial charge in [-0.2, -0.15) is 5.26 Å². The fourth-order valence-corrected chi connectivity index (χ4v) is 3.19. The normalized spacial score (nSPS) is 13.1. The predicted octanol–water partition coefficient (Wildman–Crippen LogP) is 3.27. The minimum Gasteiger partial charge on any atom is -0.508 e. The second-order valence-electron chi connectivity index (χ2n) is 6.70. The van der Waals surface area contributed by atoms with E-state index in [1.807, 2.05) is 6.92 Å². The van der Waals surface area contributed by atoms with Crippen molar-refractivity contribution in [1.29, 1.82) is 5.26 Å². The van der Waals surface area contributed by atoms with E-state index in [4.69, 9.17) is 11.5 Å². The zero-order valence-corrected chi connectivity index (χ0v) is 15.8. The van der Waals surface area contributed by atoms with E-state index in [2.05, 4.69) is 23.0 Å². The van der Waals surface area contributed by atoms with Crippen LogP contribution in [-0.4, -0.2) is 26.7 Å². The van der Waals surface area contributed by atoms with Crippen LogP contribution in [0.5, 0.6) is 11.5 Å². The maximum atomic E-state index is 10.1. The van der Waals surface area contributed by atoms with Crippen molar-refractivity contribution in [3.05, 3.63) is 29.5 Å². The van der Waals surface area contributed by atoms with Crippen LogP contribution >= 0.6 is 0 Å². The first-order valence-electron chi connectivity index (χ1n) is 9.24. The molecule has 2 atom stereocenters. The lowest BCUT2D eigenvalue weighted by Crippen LogP contribution is -2.16. The largest absolute Gasteiger partial charge is 0.508 e. The summed E-state index contributed by atoms with van der Waals surface area (Å²) in [6, 6.07) is 6.23. The third kappa shape index (κ3) is 4.66. The molecule has 0 fully saturated rings. The number of aromatic nitrogens is 2. The van der Waals surface area contributed by atoms with E-state index in [9.17, 15) is 15.5 Å². The molecular formula is C20H27N5O2. The summed E-state index contributed by atoms with van der Waals surface area (Å²) in [4.78, 5) is 8.74. The van der Waals surface area contributed by atoms with E-state index < -0.39 is 0 Å². The molecule has 2 unspecified atom stereocenters. The second kappa shape index (κ2) is 9.19. The highest BCUT2D eigenvalue weighted by Crippen LogP contribution is 2.35. The number of phenols is 2. The van der Waals surface area contributed by atoms with Gasteiger partial charge in [-0.05, 0) is 49.9 Å². The maximum absolute atomic E-state index is 10.1. The van der Waals surface area contributed by atoms with Crippen molar-refractivity contribution in [2.45, 2.75) is 45.4 Å². The molecule has 1 aromatic heterocycles. The Labute approximate surface area is 159 Å². The highest BCUT2D eigenvalue weighted by atomic mass is 16.3. The molecule has 0 radical (unpaired) electrons. The zero-order chi connectivity index (χ0) is 20.0. The van der Waals surface area contributed by atoms with Gasteiger partial charge in [-0.15, -0.1) is 0 Å². The number of nitrogens with zero attached hydrogens (tertiary/aromatic N) is 3. The first-order valence-corrected chi connectivity index (χ1v) is 9.24. The van der Waals surface area contributed by atoms with Gasteiger partial charge in [0.1, 0.15) is 28.9 Å². The average molecular weight is 369 g/mol. The molecule has 2 aromatic rings. The quantitative estimate of drug-likeness (QED) is 0.523. The van der Waals surface area contributed by atoms with Crippen LogP contribution < -0.4 is 11.5 Å². The Balaban J connectivity index is 2.49. The van der Waals surface area contributed by atoms with E-state index in [1.54, 1.807) is 0 Å². The molecule has 1 heterocycles. The number of hydrogen-bond acceptors (Lipinski definition) is 7. The molecule has 0 aliphatic heterocycles. The van der Waals surface area contributed by atoms with Crippen molar-refractivity contribution in [1.82, 2.24) is 9.97 Å². The van der Waals surface area contributed by atoms with Gasteiger partial charge in [-0.25, -0.2) is 9.97 Å². The van der Waals surface area contributed by atoms with Crippen LogP contribution in [0.25, 0.3) is 11.4 Å². The van der Waals surface area contributed by atoms with Crippen LogP contribution in [0.4, 0.5) is 5.82 Å². The van der Waals surface area contributed by atoms with Gasteiger partial charge in [0.25, 0.3) is 0 Å². The molecule has 27 heavy (non-hydrogen) atoms. The standard InChI is InChI=1S/C20H27N5O2/c1-3-12(10-21)5-6-13(4-2)18-16(11-22)19(23)25-20(24-18)15-9-14(26)7-8-17(15)27/h7-9,12-13,26-27H,3-6,10,21H2,1-2H3,(H2,23,24,25). The SMILES string of the molecule is CCC(CN)CCC(CC)c1nc(-c2cc(O)ccc2O)nc(N)c1C#N. The monoisotopic (exact) mass is 369 g/mol. The number of hydrogen-bond donors (Lipinski definition) is 4. The van der Waals surface area contributed by atoms with Gasteiger partial charge in [0.15, 0.2) is 5.82 Å². The lowest BCUT2D eigenvalue weighted by molar-refractivity contribution is 0.428. The Hall–Kier alpha value is -2.85. The molecule has 144 valence electrons. The number of nitriles is 1. The van der Waals surface area contributed by atoms with Gasteiger partial charge in [-0.1, -0.05) is 20.3 Å². The molecule has 7 heteroatoms. The van der Waals surface area contributed by atoms with Crippen molar-refractivity contribution in [2.24, 2.45) is 11.7 Å². The van der Waals surface area contributed by atoms with E-state index in [0.29, 0.717) is 18.2 Å². The molecule has 0 saturated carbocycles. The van der Waals surface area contributed by atoms with Crippen molar-refractivity contribution < 1.29 is 10.2 Å². The average Bonchev–Trinajstić information content (AvgIpc) is 2.67. The molecule has 0 spiro atoms. The Morgan fingerprint density at radius 2 is 1.89 bits per heavy atom. The first kappa shape index (κ1) is 20.5. The number of nitrogen functional groups attached to an aromatic ring is 1. The number of nitrogens with two attached hydrogens (primary N) is 2. The fraction of sp³-hybridized carbons (Fsp3) is 0.450. The summed E-state index contributed by atoms with van der Waals surface area (Å²) < 4.78 is 0. The molecule has 2 rings (SSSR count). The van der Waals surface area contributed by atoms with Crippen LogP contribution in [0.3, 0.4) is 0 Å². The number of anilines is 1. The van der Waals surface area contributed by atoms with Crippen LogP contribution in [-0.2, 0) is 0 Å². The van der Waals surface area contributed by atoms with Crippen molar-refractivity contribution in [2.75, 3.05) is 12.3 Å². The smallest absolute Gasteiger partial charge is 0.165 e. The lowest BCUT2D eigenvalue weighted by Gasteiger charge is -2.20. The zero-order valence-electron chi connectivity index (χ0n) is 15.8. The molecule has 7 nitrogen and oxygen atoms in total. The molecular weight excluding hydrogens is 342 g/mol. The molecule has 0 bridgehead atoms. The van der Waals surface area contributed by atoms with Crippen molar-refractivity contribution in [3.63, 3.8) is 0 Å². The summed E-state index contributed by atoms with van der Waals surface area (Å²) in [5, 5.41) is 29.4. The molecule has 0 saturated heterocycles. The Kier molecular flexibility index (Phi) is 6.97. The second-order valence-corrected chi connectivity index (χ2v) is 6.70. The van der Waals surface area contributed by atoms with Gasteiger partial charge < -0.3 is 21.7 Å². The summed E-state index contributed by atoms with van der Waals surface area (Å²) in [7, 11) is 0. The number of aromatic hydroxyl groups is 2. The lowest BCUT2D eigenvalue weighted by atomic mass is 9.88. The maximum Gasteiger partial charge on any atom is 0.165 e. The van der Waals surface area contributed by atoms with Gasteiger partial charge >= 0.3 is 0 Å². The summed E-state index contributed by atoms with van der Waals surface area (Å²) >= 11 is 0. The minimum absolute atomic E-state index is 0.0170. The Morgan fingerprint density at radius 3 is 2.48 bits per heavy atom. The van der Waals surface area contributed by atoms with Crippen LogP contribution in [0, 0.1) is 17.2 Å². The molecule has 6 N–H and O–H groups in total. The van der Waals surface area contributed by atoms with E-state index in [0.717, 1.165) is 25.7 Å². The summed E-state index contributed by atoms with van der Waals surface area (Å²) in [5.74, 6) is 0.646. The molecule has 0 aliphatic carbocycles. The van der Waals surface area contributed by atoms with Gasteiger partial charge in [0.2, 0.25) is 0 Å². The topological polar surface area (TPSA) is 142 Å². The van der Waals surface area contributed by atoms with Gasteiger partial charge in [0.05, 0.1) is 11.3 Å². The van der Waals surface area contributed by atoms with E-state index >= 15 is 0 Å². The van der Waals surface area contributed by atoms with Gasteiger partial charge in [0, 0.05) is 5.92 Å². The number of rotatable bonds is 8. The summed E-state index contributed by atoms with van der Waals surface area (Å²) in [6.07, 6.45) is 3.57. The van der Waals surface area contributed by atoms with Crippen LogP contribution in [0.1, 0.15) is 56.7 Å². The minimum atomic E-state index is -0.0647. The summed E-state index contributed by atoms with van der Waals surface area (Å²) in [5.41, 5.74) is 13.0. The highest BCUT2D eigenvalue weighted by molar-refractivity contribution is 5.68. The third-order valence-corrected chi connectivity index (χ3v) is 5.01. The van der Waals surface area contributed by atoms with E-state index in [-0.39, 0.29) is 40.2 Å². The Morgan fingerprint density at radius 1 is 1.15 bits per heavy atom. The predicted molar refractivity (Wildman–Crippen MR) is 105 cm³/mol. The first-order chi connectivity index (χ1) is 12.9. The van der Waals surface area contributed by atoms with Gasteiger partial charge in [-0.3, -0.25) is 0 Å². The molecule has 0 aliphatic rings. The van der Waals surface area contributed by atoms with Crippen LogP contribution in [0.2, 0.25) is 0 Å². The van der Waals surface area contributed by atoms with E-state index in [1.165, 1.54) is 18.2 Å². The van der Waals surface area contributed by atoms with Crippen molar-refractivity contribution in [3.8, 4) is 29.0 Å². The van der Waals surface area contributed by atoms with Crippen LogP contribution in [0.15, 0.2) is 18.2 Å².